The molecule has 15 aliphatic rings. The van der Waals surface area contributed by atoms with Crippen molar-refractivity contribution in [2.75, 3.05) is 0 Å². The van der Waals surface area contributed by atoms with E-state index in [1.54, 1.807) is 56.9 Å². The summed E-state index contributed by atoms with van der Waals surface area (Å²) >= 11 is 0. The molecule has 15 aliphatic carbocycles. The standard InChI is InChI=1S/C24H12.C22H14.C19H12.C18H30.C14H10.C13H10.10C2H6.2CH4/c1-2-14-5-6-16-9-11-18-12-10-17-8-7-15-4-3-13(1)19-20(14)22(16)24(18)23(17)21(15)19;1-4-13-10-15-6-2-8-17-12-18-9-3-7-16-11-14(5-1)19(13)22(20(15)17)21(16)18;1-3-12-7-9-14-10-8-13-4-2-6-16-11-15(5-1)17(12)19(14)18(13)16;1-17-9-3-5-13-8-12-18(2)10-4-6-14(7-11-17)16(18)15(13)17;1-2-6-12-10-14-8-4-3-7-13(14)9-11(12)5-1;1-4-10-6-2-8-12-9-3-7-11(5-1)13(10)12;10*1-2;;/h1-12H;1-12,19-20H;1-11,17H;13-16H,3-12H2,1-2H3;1-10H;1-9,13H;10*1-2H3;2*1H4. The van der Waals surface area contributed by atoms with Crippen molar-refractivity contribution in [1.82, 2.24) is 0 Å². The average Bonchev–Trinajstić information content (AvgIpc) is 0.694. The molecule has 28 rings (SSSR count). The maximum atomic E-state index is 2.67. The van der Waals surface area contributed by atoms with E-state index in [2.05, 4.69) is 342 Å². The van der Waals surface area contributed by atoms with E-state index in [0.29, 0.717) is 23.7 Å². The van der Waals surface area contributed by atoms with Crippen LogP contribution in [-0.4, -0.2) is 0 Å². The maximum absolute atomic E-state index is 2.67. The molecule has 0 amide bonds. The quantitative estimate of drug-likeness (QED) is 0.105. The molecule has 0 aromatic heterocycles. The van der Waals surface area contributed by atoms with Gasteiger partial charge in [0.1, 0.15) is 0 Å². The summed E-state index contributed by atoms with van der Waals surface area (Å²) in [5.41, 5.74) is 21.6. The lowest BCUT2D eigenvalue weighted by atomic mass is 9.40. The van der Waals surface area contributed by atoms with Gasteiger partial charge in [-0.2, -0.15) is 0 Å². The average molecular weight is 1740 g/mol. The first-order valence-corrected chi connectivity index (χ1v) is 51.2. The number of hydrogen-bond donors (Lipinski definition) is 0. The zero-order valence-corrected chi connectivity index (χ0v) is 82.9. The van der Waals surface area contributed by atoms with E-state index < -0.39 is 0 Å². The summed E-state index contributed by atoms with van der Waals surface area (Å²) in [5.74, 6) is 6.33. The fourth-order valence-electron chi connectivity index (χ4n) is 24.4. The van der Waals surface area contributed by atoms with Crippen molar-refractivity contribution < 1.29 is 0 Å². The minimum atomic E-state index is 0. The molecule has 0 heteroatoms. The van der Waals surface area contributed by atoms with Crippen molar-refractivity contribution in [3.8, 4) is 0 Å². The Labute approximate surface area is 797 Å². The van der Waals surface area contributed by atoms with Crippen LogP contribution in [0.2, 0.25) is 0 Å². The molecule has 13 aromatic rings. The van der Waals surface area contributed by atoms with E-state index in [0.717, 1.165) is 34.5 Å². The van der Waals surface area contributed by atoms with Crippen LogP contribution in [0.3, 0.4) is 0 Å². The molecule has 0 heterocycles. The highest BCUT2D eigenvalue weighted by atomic mass is 14.6. The van der Waals surface area contributed by atoms with Gasteiger partial charge in [0.25, 0.3) is 0 Å². The van der Waals surface area contributed by atoms with Gasteiger partial charge in [0.05, 0.1) is 0 Å². The molecule has 9 atom stereocenters. The largest absolute Gasteiger partial charge is 0.0776 e. The van der Waals surface area contributed by atoms with Crippen LogP contribution in [0.5, 0.6) is 0 Å². The van der Waals surface area contributed by atoms with Crippen LogP contribution in [0.1, 0.15) is 260 Å². The third kappa shape index (κ3) is 18.6. The smallest absolute Gasteiger partial charge is 0.0352 e. The lowest BCUT2D eigenvalue weighted by Gasteiger charge is -2.65. The molecular formula is C132H156. The minimum absolute atomic E-state index is 0. The molecule has 0 N–H and O–H groups in total. The summed E-state index contributed by atoms with van der Waals surface area (Å²) in [5, 5.41) is 27.6. The first kappa shape index (κ1) is 101. The molecule has 0 aliphatic heterocycles. The normalized spacial score (nSPS) is 22.1. The fourth-order valence-corrected chi connectivity index (χ4v) is 24.4. The molecule has 13 aromatic carbocycles. The van der Waals surface area contributed by atoms with Gasteiger partial charge < -0.3 is 0 Å². The van der Waals surface area contributed by atoms with E-state index >= 15 is 0 Å². The Morgan fingerprint density at radius 3 is 0.947 bits per heavy atom. The van der Waals surface area contributed by atoms with E-state index in [-0.39, 0.29) is 14.9 Å². The van der Waals surface area contributed by atoms with Crippen LogP contribution in [0.4, 0.5) is 0 Å². The highest BCUT2D eigenvalue weighted by Crippen LogP contribution is 2.68. The van der Waals surface area contributed by atoms with E-state index in [9.17, 15) is 0 Å². The monoisotopic (exact) mass is 1740 g/mol. The molecule has 0 bridgehead atoms. The van der Waals surface area contributed by atoms with E-state index in [1.165, 1.54) is 193 Å². The van der Waals surface area contributed by atoms with Crippen molar-refractivity contribution in [1.29, 1.82) is 0 Å². The van der Waals surface area contributed by atoms with Crippen LogP contribution < -0.4 is 10.4 Å². The summed E-state index contributed by atoms with van der Waals surface area (Å²) in [6.45, 7) is 45.3. The lowest BCUT2D eigenvalue weighted by Crippen LogP contribution is -2.57. The van der Waals surface area contributed by atoms with Gasteiger partial charge in [-0.3, -0.25) is 0 Å². The Balaban J connectivity index is 0.000000148. The first-order valence-electron chi connectivity index (χ1n) is 51.2. The predicted molar refractivity (Wildman–Crippen MR) is 597 cm³/mol. The summed E-state index contributed by atoms with van der Waals surface area (Å²) in [7, 11) is 0. The Morgan fingerprint density at radius 2 is 0.545 bits per heavy atom. The predicted octanol–water partition coefficient (Wildman–Crippen LogP) is 39.0. The van der Waals surface area contributed by atoms with E-state index in [1.807, 2.05) is 138 Å². The van der Waals surface area contributed by atoms with Gasteiger partial charge in [-0.15, -0.1) is 0 Å². The van der Waals surface area contributed by atoms with Crippen LogP contribution in [0, 0.1) is 52.3 Å². The van der Waals surface area contributed by atoms with Crippen LogP contribution in [0.25, 0.3) is 127 Å². The molecule has 684 valence electrons. The SMILES string of the molecule is C.C.C1=CC2=CC3=CC=CC4=Cc5cccc6c5=C(C2C(=C1)C=6)C34.C1=CC2=CC=CC3=CC=CC(=C1)C23.C1=CC2=Cc3cccc4ccc5c(c34)C2C(=C1)C=C5.CC.CC.CC.CC.CC.CC.CC.CC.CC.CC.CC12CCCC3CCC4(C)CCCC(CC1)C4C32.c1cc2ccc3ccc4ccc5ccc6ccc1c1c2c3c4c5c61.c1ccc2cc3ccccc3cc2c1. The second-order valence-electron chi connectivity index (χ2n) is 34.8. The number of benzene rings is 13. The fraction of sp³-hybridized carbons (Fsp3) is 0.333. The van der Waals surface area contributed by atoms with Gasteiger partial charge in [-0.05, 0) is 271 Å². The number of fused-ring (bicyclic) bond motifs is 2. The van der Waals surface area contributed by atoms with Gasteiger partial charge in [0.15, 0.2) is 0 Å². The zero-order chi connectivity index (χ0) is 92.5. The van der Waals surface area contributed by atoms with Crippen LogP contribution in [-0.2, 0) is 0 Å². The summed E-state index contributed by atoms with van der Waals surface area (Å²) < 4.78 is 0. The number of hydrogen-bond acceptors (Lipinski definition) is 0. The molecule has 0 radical (unpaired) electrons. The Hall–Kier alpha value is -11.4. The molecular weight excluding hydrogens is 1590 g/mol. The van der Waals surface area contributed by atoms with Crippen molar-refractivity contribution in [3.63, 3.8) is 0 Å². The first-order chi connectivity index (χ1) is 64.2. The zero-order valence-electron chi connectivity index (χ0n) is 82.9. The van der Waals surface area contributed by atoms with Crippen LogP contribution >= 0.6 is 0 Å². The Bertz CT molecular complexity index is 6240. The molecule has 9 unspecified atom stereocenters. The highest BCUT2D eigenvalue weighted by Gasteiger charge is 2.59. The van der Waals surface area contributed by atoms with E-state index in [4.69, 9.17) is 0 Å². The number of allylic oxidation sites excluding steroid dienone is 29. The van der Waals surface area contributed by atoms with Gasteiger partial charge in [0, 0.05) is 23.7 Å². The van der Waals surface area contributed by atoms with Gasteiger partial charge in [-0.25, -0.2) is 0 Å². The third-order valence-electron chi connectivity index (χ3n) is 29.0. The summed E-state index contributed by atoms with van der Waals surface area (Å²) in [6.07, 6.45) is 69.4. The third-order valence-corrected chi connectivity index (χ3v) is 29.0. The maximum Gasteiger partial charge on any atom is 0.0352 e. The molecule has 132 heavy (non-hydrogen) atoms. The topological polar surface area (TPSA) is 0 Å². The molecule has 0 spiro atoms. The lowest BCUT2D eigenvalue weighted by molar-refractivity contribution is -0.156. The molecule has 0 saturated heterocycles. The molecule has 4 saturated carbocycles. The summed E-state index contributed by atoms with van der Waals surface area (Å²) in [4.78, 5) is 0. The van der Waals surface area contributed by atoms with Gasteiger partial charge >= 0.3 is 0 Å². The summed E-state index contributed by atoms with van der Waals surface area (Å²) in [6, 6.07) is 66.5. The Morgan fingerprint density at radius 1 is 0.235 bits per heavy atom. The molecule has 0 nitrogen and oxygen atoms in total. The van der Waals surface area contributed by atoms with Gasteiger partial charge in [0.2, 0.25) is 0 Å². The van der Waals surface area contributed by atoms with Crippen LogP contribution in [0.15, 0.2) is 354 Å². The minimum Gasteiger partial charge on any atom is -0.0776 e. The second kappa shape index (κ2) is 46.3. The van der Waals surface area contributed by atoms with Crippen molar-refractivity contribution >= 4 is 127 Å². The highest BCUT2D eigenvalue weighted by molar-refractivity contribution is 6.44. The number of rotatable bonds is 0. The van der Waals surface area contributed by atoms with Crippen molar-refractivity contribution in [2.45, 2.75) is 237 Å². The van der Waals surface area contributed by atoms with Crippen molar-refractivity contribution in [3.05, 3.63) is 386 Å². The van der Waals surface area contributed by atoms with Crippen molar-refractivity contribution in [2.24, 2.45) is 52.3 Å². The van der Waals surface area contributed by atoms with Gasteiger partial charge in [-0.1, -0.05) is 509 Å². The second-order valence-corrected chi connectivity index (χ2v) is 34.8. The Kier molecular flexibility index (Phi) is 35.4. The molecule has 4 fully saturated rings.